The van der Waals surface area contributed by atoms with E-state index in [9.17, 15) is 0 Å². The maximum atomic E-state index is 4.39. The Morgan fingerprint density at radius 3 is 2.74 bits per heavy atom. The lowest BCUT2D eigenvalue weighted by molar-refractivity contribution is 0.366. The van der Waals surface area contributed by atoms with Gasteiger partial charge in [0.2, 0.25) is 0 Å². The van der Waals surface area contributed by atoms with Gasteiger partial charge in [0.25, 0.3) is 0 Å². The number of nitrogens with one attached hydrogen (secondary N) is 1. The normalized spacial score (nSPS) is 19.4. The average molecular weight is 309 g/mol. The number of aromatic nitrogens is 3. The second-order valence-electron chi connectivity index (χ2n) is 6.78. The zero-order valence-electron chi connectivity index (χ0n) is 13.5. The number of anilines is 1. The molecular weight excluding hydrogens is 286 g/mol. The van der Waals surface area contributed by atoms with Gasteiger partial charge in [0.1, 0.15) is 0 Å². The molecule has 23 heavy (non-hydrogen) atoms. The van der Waals surface area contributed by atoms with E-state index in [-0.39, 0.29) is 0 Å². The Morgan fingerprint density at radius 2 is 2.09 bits per heavy atom. The molecule has 1 saturated heterocycles. The van der Waals surface area contributed by atoms with Crippen molar-refractivity contribution in [2.75, 3.05) is 24.5 Å². The molecule has 4 rings (SSSR count). The third-order valence-electron chi connectivity index (χ3n) is 4.85. The fourth-order valence-electron chi connectivity index (χ4n) is 3.08. The summed E-state index contributed by atoms with van der Waals surface area (Å²) >= 11 is 0. The maximum absolute atomic E-state index is 4.39. The summed E-state index contributed by atoms with van der Waals surface area (Å²) in [7, 11) is 0. The van der Waals surface area contributed by atoms with Crippen molar-refractivity contribution in [1.29, 1.82) is 0 Å². The van der Waals surface area contributed by atoms with E-state index in [1.165, 1.54) is 18.4 Å². The van der Waals surface area contributed by atoms with Crippen molar-refractivity contribution >= 4 is 5.82 Å². The summed E-state index contributed by atoms with van der Waals surface area (Å²) in [4.78, 5) is 6.49. The van der Waals surface area contributed by atoms with Crippen molar-refractivity contribution in [3.8, 4) is 0 Å². The molecule has 0 spiro atoms. The van der Waals surface area contributed by atoms with E-state index in [1.807, 2.05) is 18.5 Å². The first-order chi connectivity index (χ1) is 11.3. The van der Waals surface area contributed by atoms with Gasteiger partial charge < -0.3 is 10.2 Å². The largest absolute Gasteiger partial charge is 0.354 e. The van der Waals surface area contributed by atoms with Gasteiger partial charge >= 0.3 is 0 Å². The van der Waals surface area contributed by atoms with Crippen molar-refractivity contribution in [2.45, 2.75) is 31.7 Å². The van der Waals surface area contributed by atoms with Crippen LogP contribution in [0.1, 0.15) is 43.0 Å². The molecule has 2 fully saturated rings. The Labute approximate surface area is 137 Å². The third-order valence-corrected chi connectivity index (χ3v) is 4.85. The minimum Gasteiger partial charge on any atom is -0.354 e. The minimum absolute atomic E-state index is 0.343. The molecule has 1 unspecified atom stereocenters. The Balaban J connectivity index is 1.23. The predicted molar refractivity (Wildman–Crippen MR) is 90.4 cm³/mol. The molecule has 3 heterocycles. The summed E-state index contributed by atoms with van der Waals surface area (Å²) in [6, 6.07) is 8.73. The quantitative estimate of drug-likeness (QED) is 0.888. The molecule has 0 amide bonds. The highest BCUT2D eigenvalue weighted by Gasteiger charge is 2.29. The number of hydrogen-bond donors (Lipinski definition) is 1. The van der Waals surface area contributed by atoms with Crippen LogP contribution in [0.4, 0.5) is 5.82 Å². The van der Waals surface area contributed by atoms with Crippen LogP contribution in [0.5, 0.6) is 0 Å². The van der Waals surface area contributed by atoms with Gasteiger partial charge in [-0.15, -0.1) is 5.10 Å². The molecule has 5 nitrogen and oxygen atoms in total. The van der Waals surface area contributed by atoms with Gasteiger partial charge in [0.05, 0.1) is 5.69 Å². The van der Waals surface area contributed by atoms with E-state index in [4.69, 9.17) is 0 Å². The lowest BCUT2D eigenvalue weighted by Crippen LogP contribution is -2.51. The van der Waals surface area contributed by atoms with Crippen LogP contribution in [-0.2, 0) is 0 Å². The van der Waals surface area contributed by atoms with Gasteiger partial charge in [-0.25, -0.2) is 0 Å². The van der Waals surface area contributed by atoms with E-state index < -0.39 is 0 Å². The van der Waals surface area contributed by atoms with Crippen LogP contribution < -0.4 is 10.2 Å². The van der Waals surface area contributed by atoms with Crippen LogP contribution in [-0.4, -0.2) is 34.8 Å². The number of pyridine rings is 1. The van der Waals surface area contributed by atoms with Crippen LogP contribution in [0.25, 0.3) is 0 Å². The standard InChI is InChI=1S/C18H23N5/c1-13(16-3-2-8-19-10-16)20-9-14-11-23(12-14)18-7-6-17(21-22-18)15-4-5-15/h2-3,6-8,10,13-15,20H,4-5,9,11-12H2,1H3. The van der Waals surface area contributed by atoms with Gasteiger partial charge in [-0.1, -0.05) is 6.07 Å². The molecule has 2 aliphatic rings. The highest BCUT2D eigenvalue weighted by molar-refractivity contribution is 5.41. The van der Waals surface area contributed by atoms with Gasteiger partial charge in [0, 0.05) is 49.9 Å². The molecule has 1 N–H and O–H groups in total. The van der Waals surface area contributed by atoms with Crippen LogP contribution >= 0.6 is 0 Å². The third kappa shape index (κ3) is 3.34. The number of nitrogens with zero attached hydrogens (tertiary/aromatic N) is 4. The van der Waals surface area contributed by atoms with E-state index in [2.05, 4.69) is 50.5 Å². The van der Waals surface area contributed by atoms with Crippen molar-refractivity contribution in [3.63, 3.8) is 0 Å². The van der Waals surface area contributed by atoms with Crippen molar-refractivity contribution in [3.05, 3.63) is 47.9 Å². The van der Waals surface area contributed by atoms with Crippen LogP contribution in [0.2, 0.25) is 0 Å². The molecule has 1 saturated carbocycles. The molecule has 1 atom stereocenters. The molecule has 1 aliphatic heterocycles. The highest BCUT2D eigenvalue weighted by atomic mass is 15.3. The first kappa shape index (κ1) is 14.6. The van der Waals surface area contributed by atoms with E-state index in [0.29, 0.717) is 17.9 Å². The molecule has 0 aromatic carbocycles. The lowest BCUT2D eigenvalue weighted by atomic mass is 9.99. The van der Waals surface area contributed by atoms with Crippen molar-refractivity contribution in [1.82, 2.24) is 20.5 Å². The van der Waals surface area contributed by atoms with Crippen LogP contribution in [0.15, 0.2) is 36.7 Å². The molecular formula is C18H23N5. The fourth-order valence-corrected chi connectivity index (χ4v) is 3.08. The molecule has 1 aliphatic carbocycles. The summed E-state index contributed by atoms with van der Waals surface area (Å²) in [5.41, 5.74) is 2.41. The van der Waals surface area contributed by atoms with Gasteiger partial charge in [-0.3, -0.25) is 4.98 Å². The van der Waals surface area contributed by atoms with E-state index in [0.717, 1.165) is 31.1 Å². The molecule has 0 radical (unpaired) electrons. The number of rotatable bonds is 6. The van der Waals surface area contributed by atoms with Crippen molar-refractivity contribution in [2.24, 2.45) is 5.92 Å². The Hall–Kier alpha value is -2.01. The summed E-state index contributed by atoms with van der Waals surface area (Å²) in [5, 5.41) is 12.4. The summed E-state index contributed by atoms with van der Waals surface area (Å²) in [5.74, 6) is 2.38. The van der Waals surface area contributed by atoms with Gasteiger partial charge in [-0.2, -0.15) is 5.10 Å². The topological polar surface area (TPSA) is 53.9 Å². The zero-order valence-corrected chi connectivity index (χ0v) is 13.5. The zero-order chi connectivity index (χ0) is 15.6. The molecule has 2 aromatic rings. The number of hydrogen-bond acceptors (Lipinski definition) is 5. The molecule has 2 aromatic heterocycles. The Bertz CT molecular complexity index is 632. The van der Waals surface area contributed by atoms with Crippen molar-refractivity contribution < 1.29 is 0 Å². The summed E-state index contributed by atoms with van der Waals surface area (Å²) < 4.78 is 0. The molecule has 120 valence electrons. The summed E-state index contributed by atoms with van der Waals surface area (Å²) in [6.45, 7) is 5.34. The second-order valence-corrected chi connectivity index (χ2v) is 6.78. The first-order valence-corrected chi connectivity index (χ1v) is 8.51. The highest BCUT2D eigenvalue weighted by Crippen LogP contribution is 2.38. The van der Waals surface area contributed by atoms with E-state index >= 15 is 0 Å². The van der Waals surface area contributed by atoms with Gasteiger partial charge in [-0.05, 0) is 43.5 Å². The lowest BCUT2D eigenvalue weighted by Gasteiger charge is -2.40. The van der Waals surface area contributed by atoms with Crippen LogP contribution in [0, 0.1) is 5.92 Å². The molecule has 5 heteroatoms. The minimum atomic E-state index is 0.343. The van der Waals surface area contributed by atoms with Gasteiger partial charge in [0.15, 0.2) is 5.82 Å². The first-order valence-electron chi connectivity index (χ1n) is 8.51. The van der Waals surface area contributed by atoms with Crippen LogP contribution in [0.3, 0.4) is 0 Å². The second kappa shape index (κ2) is 6.24. The van der Waals surface area contributed by atoms with E-state index in [1.54, 1.807) is 0 Å². The average Bonchev–Trinajstić information content (AvgIpc) is 3.39. The summed E-state index contributed by atoms with van der Waals surface area (Å²) in [6.07, 6.45) is 6.30. The smallest absolute Gasteiger partial charge is 0.151 e. The predicted octanol–water partition coefficient (Wildman–Crippen LogP) is 2.54. The fraction of sp³-hybridized carbons (Fsp3) is 0.500. The Kier molecular flexibility index (Phi) is 3.95. The maximum Gasteiger partial charge on any atom is 0.151 e. The Morgan fingerprint density at radius 1 is 1.22 bits per heavy atom. The SMILES string of the molecule is CC(NCC1CN(c2ccc(C3CC3)nn2)C1)c1cccnc1. The molecule has 0 bridgehead atoms. The monoisotopic (exact) mass is 309 g/mol.